The number of hydrogen-bond acceptors (Lipinski definition) is 3. The van der Waals surface area contributed by atoms with Crippen LogP contribution in [-0.4, -0.2) is 42.8 Å². The second-order valence-corrected chi connectivity index (χ2v) is 10.0. The number of hydrogen-bond donors (Lipinski definition) is 0. The molecule has 0 aliphatic carbocycles. The molecule has 3 heterocycles. The standard InChI is InChI=1S/C27H31ClN2O2.ClH/c28-24-5-1-3-20(15-24)10-14-29-12-8-19(9-13-29)6-7-25(31)22-16-21-4-2-11-30-26(32)18-23(17-22)27(21)30;/h1,3,5,15-17,19H,2,4,6-14,18H2;1H. The van der Waals surface area contributed by atoms with E-state index in [2.05, 4.69) is 23.1 Å². The predicted octanol–water partition coefficient (Wildman–Crippen LogP) is 5.51. The number of rotatable bonds is 7. The molecule has 6 heteroatoms. The van der Waals surface area contributed by atoms with Crippen LogP contribution in [0.4, 0.5) is 5.69 Å². The van der Waals surface area contributed by atoms with Gasteiger partial charge in [0, 0.05) is 30.1 Å². The number of nitrogens with zero attached hydrogens (tertiary/aromatic N) is 2. The van der Waals surface area contributed by atoms with E-state index in [1.807, 2.05) is 23.1 Å². The van der Waals surface area contributed by atoms with Gasteiger partial charge in [-0.25, -0.2) is 0 Å². The zero-order chi connectivity index (χ0) is 22.1. The summed E-state index contributed by atoms with van der Waals surface area (Å²) in [6.45, 7) is 4.12. The average molecular weight is 487 g/mol. The molecule has 176 valence electrons. The van der Waals surface area contributed by atoms with Crippen molar-refractivity contribution in [3.63, 3.8) is 0 Å². The molecule has 5 rings (SSSR count). The molecule has 3 aliphatic rings. The summed E-state index contributed by atoms with van der Waals surface area (Å²) in [4.78, 5) is 29.7. The first-order valence-electron chi connectivity index (χ1n) is 12.0. The summed E-state index contributed by atoms with van der Waals surface area (Å²) in [7, 11) is 0. The lowest BCUT2D eigenvalue weighted by atomic mass is 9.89. The Hall–Kier alpha value is -1.88. The first-order chi connectivity index (χ1) is 15.6. The number of anilines is 1. The van der Waals surface area contributed by atoms with E-state index in [0.29, 0.717) is 18.8 Å². The lowest BCUT2D eigenvalue weighted by Gasteiger charge is -2.32. The molecule has 1 fully saturated rings. The van der Waals surface area contributed by atoms with E-state index in [4.69, 9.17) is 11.6 Å². The Balaban J connectivity index is 0.00000259. The molecule has 2 aromatic rings. The first-order valence-corrected chi connectivity index (χ1v) is 12.4. The van der Waals surface area contributed by atoms with Crippen molar-refractivity contribution >= 4 is 41.4 Å². The van der Waals surface area contributed by atoms with Gasteiger partial charge in [-0.2, -0.15) is 0 Å². The van der Waals surface area contributed by atoms with E-state index in [9.17, 15) is 9.59 Å². The average Bonchev–Trinajstić information content (AvgIpc) is 3.13. The number of carbonyl (C=O) groups is 2. The number of benzene rings is 2. The zero-order valence-corrected chi connectivity index (χ0v) is 20.6. The van der Waals surface area contributed by atoms with Gasteiger partial charge in [0.05, 0.1) is 12.1 Å². The Bertz CT molecular complexity index is 1030. The summed E-state index contributed by atoms with van der Waals surface area (Å²) >= 11 is 6.09. The Kier molecular flexibility index (Phi) is 7.78. The molecule has 1 saturated heterocycles. The van der Waals surface area contributed by atoms with Gasteiger partial charge in [0.1, 0.15) is 0 Å². The van der Waals surface area contributed by atoms with Gasteiger partial charge in [-0.05, 0) is 98.5 Å². The van der Waals surface area contributed by atoms with Crippen LogP contribution in [0.1, 0.15) is 59.2 Å². The summed E-state index contributed by atoms with van der Waals surface area (Å²) in [5, 5.41) is 0.808. The van der Waals surface area contributed by atoms with Crippen molar-refractivity contribution in [3.05, 3.63) is 63.7 Å². The monoisotopic (exact) mass is 486 g/mol. The van der Waals surface area contributed by atoms with Gasteiger partial charge in [-0.1, -0.05) is 23.7 Å². The SMILES string of the molecule is Cl.O=C(CCC1CCN(CCc2cccc(Cl)c2)CC1)c1cc2c3c(c1)CC(=O)N3CCC2. The molecule has 0 unspecified atom stereocenters. The van der Waals surface area contributed by atoms with Crippen molar-refractivity contribution in [2.75, 3.05) is 31.1 Å². The van der Waals surface area contributed by atoms with Gasteiger partial charge in [-0.3, -0.25) is 9.59 Å². The van der Waals surface area contributed by atoms with Crippen LogP contribution in [0.15, 0.2) is 36.4 Å². The van der Waals surface area contributed by atoms with E-state index in [1.165, 1.54) is 24.0 Å². The van der Waals surface area contributed by atoms with Crippen LogP contribution in [0, 0.1) is 5.92 Å². The molecule has 33 heavy (non-hydrogen) atoms. The summed E-state index contributed by atoms with van der Waals surface area (Å²) in [6.07, 6.45) is 7.37. The minimum absolute atomic E-state index is 0. The molecule has 0 radical (unpaired) electrons. The molecule has 4 nitrogen and oxygen atoms in total. The number of likely N-dealkylation sites (tertiary alicyclic amines) is 1. The van der Waals surface area contributed by atoms with Crippen LogP contribution >= 0.6 is 24.0 Å². The maximum atomic E-state index is 13.0. The highest BCUT2D eigenvalue weighted by Crippen LogP contribution is 2.38. The van der Waals surface area contributed by atoms with Crippen LogP contribution in [0.3, 0.4) is 0 Å². The van der Waals surface area contributed by atoms with E-state index in [1.54, 1.807) is 0 Å². The maximum absolute atomic E-state index is 13.0. The Morgan fingerprint density at radius 3 is 2.64 bits per heavy atom. The van der Waals surface area contributed by atoms with Gasteiger partial charge in [0.25, 0.3) is 0 Å². The summed E-state index contributed by atoms with van der Waals surface area (Å²) in [5.41, 5.74) is 5.46. The molecule has 0 aromatic heterocycles. The fourth-order valence-corrected chi connectivity index (χ4v) is 5.81. The topological polar surface area (TPSA) is 40.6 Å². The van der Waals surface area contributed by atoms with Gasteiger partial charge >= 0.3 is 0 Å². The Morgan fingerprint density at radius 1 is 1.06 bits per heavy atom. The van der Waals surface area contributed by atoms with Gasteiger partial charge < -0.3 is 9.80 Å². The second kappa shape index (κ2) is 10.6. The molecule has 0 spiro atoms. The number of halogens is 2. The Morgan fingerprint density at radius 2 is 1.85 bits per heavy atom. The zero-order valence-electron chi connectivity index (χ0n) is 19.0. The summed E-state index contributed by atoms with van der Waals surface area (Å²) in [6, 6.07) is 12.2. The van der Waals surface area contributed by atoms with E-state index >= 15 is 0 Å². The van der Waals surface area contributed by atoms with Crippen molar-refractivity contribution < 1.29 is 9.59 Å². The Labute approximate surface area is 207 Å². The third-order valence-electron chi connectivity index (χ3n) is 7.42. The normalized spacial score (nSPS) is 18.2. The van der Waals surface area contributed by atoms with E-state index in [-0.39, 0.29) is 24.1 Å². The highest BCUT2D eigenvalue weighted by molar-refractivity contribution is 6.30. The number of ketones is 1. The van der Waals surface area contributed by atoms with Crippen LogP contribution in [0.25, 0.3) is 0 Å². The summed E-state index contributed by atoms with van der Waals surface area (Å²) in [5.74, 6) is 1.06. The minimum atomic E-state index is 0. The number of piperidine rings is 1. The van der Waals surface area contributed by atoms with Crippen molar-refractivity contribution in [2.24, 2.45) is 5.92 Å². The van der Waals surface area contributed by atoms with Crippen LogP contribution in [0.5, 0.6) is 0 Å². The van der Waals surface area contributed by atoms with Crippen molar-refractivity contribution in [2.45, 2.75) is 51.4 Å². The maximum Gasteiger partial charge on any atom is 0.231 e. The van der Waals surface area contributed by atoms with E-state index in [0.717, 1.165) is 73.7 Å². The fourth-order valence-electron chi connectivity index (χ4n) is 5.60. The quantitative estimate of drug-likeness (QED) is 0.484. The predicted molar refractivity (Wildman–Crippen MR) is 136 cm³/mol. The molecule has 1 amide bonds. The smallest absolute Gasteiger partial charge is 0.231 e. The van der Waals surface area contributed by atoms with Crippen molar-refractivity contribution in [1.82, 2.24) is 4.90 Å². The van der Waals surface area contributed by atoms with E-state index < -0.39 is 0 Å². The van der Waals surface area contributed by atoms with Crippen LogP contribution < -0.4 is 4.90 Å². The number of amides is 1. The van der Waals surface area contributed by atoms with Gasteiger partial charge in [0.2, 0.25) is 5.91 Å². The van der Waals surface area contributed by atoms with Crippen LogP contribution in [-0.2, 0) is 24.1 Å². The molecular weight excluding hydrogens is 455 g/mol. The third-order valence-corrected chi connectivity index (χ3v) is 7.66. The minimum Gasteiger partial charge on any atom is -0.312 e. The lowest BCUT2D eigenvalue weighted by Crippen LogP contribution is -2.35. The lowest BCUT2D eigenvalue weighted by molar-refractivity contribution is -0.117. The number of carbonyl (C=O) groups excluding carboxylic acids is 2. The van der Waals surface area contributed by atoms with Gasteiger partial charge in [-0.15, -0.1) is 12.4 Å². The number of aryl methyl sites for hydroxylation is 1. The largest absolute Gasteiger partial charge is 0.312 e. The van der Waals surface area contributed by atoms with Crippen LogP contribution in [0.2, 0.25) is 5.02 Å². The van der Waals surface area contributed by atoms with Crippen molar-refractivity contribution in [1.29, 1.82) is 0 Å². The highest BCUT2D eigenvalue weighted by Gasteiger charge is 2.33. The molecule has 2 aromatic carbocycles. The second-order valence-electron chi connectivity index (χ2n) is 9.60. The molecular formula is C27H32Cl2N2O2. The fraction of sp³-hybridized carbons (Fsp3) is 0.481. The third kappa shape index (κ3) is 5.45. The molecule has 0 saturated carbocycles. The molecule has 0 atom stereocenters. The van der Waals surface area contributed by atoms with Gasteiger partial charge in [0.15, 0.2) is 5.78 Å². The molecule has 0 N–H and O–H groups in total. The van der Waals surface area contributed by atoms with Crippen molar-refractivity contribution in [3.8, 4) is 0 Å². The first kappa shape index (κ1) is 24.3. The molecule has 3 aliphatic heterocycles. The number of Topliss-reactive ketones (excluding diaryl/α,β-unsaturated/α-hetero) is 1. The summed E-state index contributed by atoms with van der Waals surface area (Å²) < 4.78 is 0. The highest BCUT2D eigenvalue weighted by atomic mass is 35.5. The molecule has 0 bridgehead atoms.